The Morgan fingerprint density at radius 1 is 1.24 bits per heavy atom. The minimum atomic E-state index is -3.14. The van der Waals surface area contributed by atoms with Crippen molar-refractivity contribution in [3.63, 3.8) is 0 Å². The van der Waals surface area contributed by atoms with Crippen LogP contribution < -0.4 is 5.73 Å². The molecule has 118 valence electrons. The SMILES string of the molecule is CCOC[C@]1(CN)[C@H](c2ccc(C)cc2)[C@H]1S(=O)(=O)CC. The van der Waals surface area contributed by atoms with Crippen LogP contribution in [0.3, 0.4) is 0 Å². The first kappa shape index (κ1) is 16.5. The van der Waals surface area contributed by atoms with Gasteiger partial charge in [0.05, 0.1) is 11.9 Å². The van der Waals surface area contributed by atoms with Crippen LogP contribution in [0.25, 0.3) is 0 Å². The molecule has 0 saturated heterocycles. The van der Waals surface area contributed by atoms with Crippen LogP contribution >= 0.6 is 0 Å². The van der Waals surface area contributed by atoms with Gasteiger partial charge in [0, 0.05) is 30.2 Å². The Bertz CT molecular complexity index is 582. The Hall–Kier alpha value is -0.910. The van der Waals surface area contributed by atoms with E-state index in [9.17, 15) is 8.42 Å². The summed E-state index contributed by atoms with van der Waals surface area (Å²) in [4.78, 5) is 0. The van der Waals surface area contributed by atoms with Crippen molar-refractivity contribution in [1.29, 1.82) is 0 Å². The van der Waals surface area contributed by atoms with Crippen LogP contribution in [0.2, 0.25) is 0 Å². The zero-order valence-electron chi connectivity index (χ0n) is 13.0. The van der Waals surface area contributed by atoms with Crippen molar-refractivity contribution in [2.75, 3.05) is 25.5 Å². The summed E-state index contributed by atoms with van der Waals surface area (Å²) in [6, 6.07) is 8.07. The lowest BCUT2D eigenvalue weighted by Gasteiger charge is -2.15. The first-order valence-corrected chi connectivity index (χ1v) is 9.20. The number of rotatable bonds is 7. The van der Waals surface area contributed by atoms with E-state index in [0.717, 1.165) is 11.1 Å². The van der Waals surface area contributed by atoms with Crippen LogP contribution in [0.15, 0.2) is 24.3 Å². The van der Waals surface area contributed by atoms with E-state index in [1.165, 1.54) is 0 Å². The fraction of sp³-hybridized carbons (Fsp3) is 0.625. The van der Waals surface area contributed by atoms with E-state index in [0.29, 0.717) is 19.8 Å². The molecule has 0 heterocycles. The van der Waals surface area contributed by atoms with Gasteiger partial charge in [-0.3, -0.25) is 0 Å². The highest BCUT2D eigenvalue weighted by Gasteiger charge is 2.69. The number of benzene rings is 1. The highest BCUT2D eigenvalue weighted by Crippen LogP contribution is 2.62. The van der Waals surface area contributed by atoms with Crippen molar-refractivity contribution in [3.8, 4) is 0 Å². The van der Waals surface area contributed by atoms with Crippen molar-refractivity contribution in [2.45, 2.75) is 31.9 Å². The molecule has 1 aromatic rings. The van der Waals surface area contributed by atoms with Gasteiger partial charge in [-0.15, -0.1) is 0 Å². The van der Waals surface area contributed by atoms with Crippen LogP contribution in [0.4, 0.5) is 0 Å². The third-order valence-corrected chi connectivity index (χ3v) is 6.88. The molecular formula is C16H25NO3S. The van der Waals surface area contributed by atoms with Gasteiger partial charge in [-0.25, -0.2) is 8.42 Å². The highest BCUT2D eigenvalue weighted by atomic mass is 32.2. The second-order valence-electron chi connectivity index (χ2n) is 5.83. The van der Waals surface area contributed by atoms with Crippen LogP contribution in [-0.2, 0) is 14.6 Å². The van der Waals surface area contributed by atoms with Crippen molar-refractivity contribution in [3.05, 3.63) is 35.4 Å². The summed E-state index contributed by atoms with van der Waals surface area (Å²) < 4.78 is 30.4. The number of aryl methyl sites for hydroxylation is 1. The summed E-state index contributed by atoms with van der Waals surface area (Å²) in [5.74, 6) is 0.0908. The zero-order valence-corrected chi connectivity index (χ0v) is 13.8. The summed E-state index contributed by atoms with van der Waals surface area (Å²) in [7, 11) is -3.14. The Balaban J connectivity index is 2.38. The molecule has 1 saturated carbocycles. The third kappa shape index (κ3) is 2.87. The molecule has 2 N–H and O–H groups in total. The quantitative estimate of drug-likeness (QED) is 0.834. The Morgan fingerprint density at radius 3 is 2.33 bits per heavy atom. The zero-order chi connectivity index (χ0) is 15.7. The highest BCUT2D eigenvalue weighted by molar-refractivity contribution is 7.92. The van der Waals surface area contributed by atoms with Crippen molar-refractivity contribution in [2.24, 2.45) is 11.1 Å². The molecule has 1 aliphatic carbocycles. The van der Waals surface area contributed by atoms with E-state index in [-0.39, 0.29) is 11.7 Å². The lowest BCUT2D eigenvalue weighted by molar-refractivity contribution is 0.101. The largest absolute Gasteiger partial charge is 0.381 e. The summed E-state index contributed by atoms with van der Waals surface area (Å²) in [6.45, 7) is 6.94. The third-order valence-electron chi connectivity index (χ3n) is 4.56. The van der Waals surface area contributed by atoms with Gasteiger partial charge in [0.25, 0.3) is 0 Å². The topological polar surface area (TPSA) is 69.4 Å². The van der Waals surface area contributed by atoms with E-state index in [1.807, 2.05) is 38.1 Å². The Labute approximate surface area is 127 Å². The molecule has 21 heavy (non-hydrogen) atoms. The molecule has 0 aliphatic heterocycles. The van der Waals surface area contributed by atoms with Gasteiger partial charge in [-0.05, 0) is 19.4 Å². The maximum absolute atomic E-state index is 12.4. The second kappa shape index (κ2) is 6.07. The molecule has 0 unspecified atom stereocenters. The summed E-state index contributed by atoms with van der Waals surface area (Å²) in [5.41, 5.74) is 7.71. The predicted molar refractivity (Wildman–Crippen MR) is 85.1 cm³/mol. The molecule has 4 nitrogen and oxygen atoms in total. The molecule has 2 rings (SSSR count). The van der Waals surface area contributed by atoms with Gasteiger partial charge >= 0.3 is 0 Å². The number of hydrogen-bond acceptors (Lipinski definition) is 4. The normalized spacial score (nSPS) is 28.6. The molecule has 0 spiro atoms. The molecule has 0 aromatic heterocycles. The summed E-state index contributed by atoms with van der Waals surface area (Å²) in [6.07, 6.45) is 0. The van der Waals surface area contributed by atoms with Gasteiger partial charge in [0.15, 0.2) is 9.84 Å². The molecule has 5 heteroatoms. The lowest BCUT2D eigenvalue weighted by Crippen LogP contribution is -2.29. The molecule has 0 radical (unpaired) electrons. The summed E-state index contributed by atoms with van der Waals surface area (Å²) in [5, 5.41) is -0.422. The Morgan fingerprint density at radius 2 is 1.86 bits per heavy atom. The molecule has 3 atom stereocenters. The van der Waals surface area contributed by atoms with E-state index >= 15 is 0 Å². The summed E-state index contributed by atoms with van der Waals surface area (Å²) >= 11 is 0. The predicted octanol–water partition coefficient (Wildman–Crippen LogP) is 1.88. The van der Waals surface area contributed by atoms with Crippen molar-refractivity contribution < 1.29 is 13.2 Å². The van der Waals surface area contributed by atoms with Crippen molar-refractivity contribution in [1.82, 2.24) is 0 Å². The molecule has 0 amide bonds. The fourth-order valence-corrected chi connectivity index (χ4v) is 5.39. The van der Waals surface area contributed by atoms with Crippen molar-refractivity contribution >= 4 is 9.84 Å². The molecule has 1 aliphatic rings. The van der Waals surface area contributed by atoms with Gasteiger partial charge in [0.2, 0.25) is 0 Å². The number of ether oxygens (including phenoxy) is 1. The molecule has 1 aromatic carbocycles. The first-order chi connectivity index (χ1) is 9.93. The van der Waals surface area contributed by atoms with Crippen LogP contribution in [0, 0.1) is 12.3 Å². The van der Waals surface area contributed by atoms with E-state index in [1.54, 1.807) is 6.92 Å². The van der Waals surface area contributed by atoms with Gasteiger partial charge < -0.3 is 10.5 Å². The van der Waals surface area contributed by atoms with Gasteiger partial charge in [0.1, 0.15) is 0 Å². The number of nitrogens with two attached hydrogens (primary N) is 1. The van der Waals surface area contributed by atoms with E-state index in [2.05, 4.69) is 0 Å². The smallest absolute Gasteiger partial charge is 0.154 e. The minimum absolute atomic E-state index is 0.0559. The molecular weight excluding hydrogens is 286 g/mol. The average Bonchev–Trinajstić information content (AvgIpc) is 3.16. The lowest BCUT2D eigenvalue weighted by atomic mass is 9.99. The van der Waals surface area contributed by atoms with Crippen LogP contribution in [-0.4, -0.2) is 39.2 Å². The fourth-order valence-electron chi connectivity index (χ4n) is 3.24. The number of hydrogen-bond donors (Lipinski definition) is 1. The van der Waals surface area contributed by atoms with Crippen LogP contribution in [0.5, 0.6) is 0 Å². The standard InChI is InChI=1S/C16H25NO3S/c1-4-20-11-16(10-17)14(15(16)21(18,19)5-2)13-8-6-12(3)7-9-13/h6-9,14-15H,4-5,10-11,17H2,1-3H3/t14-,15-,16-/m1/s1. The maximum atomic E-state index is 12.4. The molecule has 0 bridgehead atoms. The monoisotopic (exact) mass is 311 g/mol. The first-order valence-electron chi connectivity index (χ1n) is 7.49. The van der Waals surface area contributed by atoms with Crippen LogP contribution in [0.1, 0.15) is 30.9 Å². The van der Waals surface area contributed by atoms with Gasteiger partial charge in [-0.1, -0.05) is 36.8 Å². The van der Waals surface area contributed by atoms with E-state index < -0.39 is 20.5 Å². The average molecular weight is 311 g/mol. The van der Waals surface area contributed by atoms with Gasteiger partial charge in [-0.2, -0.15) is 0 Å². The number of sulfone groups is 1. The maximum Gasteiger partial charge on any atom is 0.154 e. The minimum Gasteiger partial charge on any atom is -0.381 e. The Kier molecular flexibility index (Phi) is 4.76. The second-order valence-corrected chi connectivity index (χ2v) is 8.25. The van der Waals surface area contributed by atoms with E-state index in [4.69, 9.17) is 10.5 Å². The molecule has 1 fully saturated rings.